The monoisotopic (exact) mass is 380 g/mol. The van der Waals surface area contributed by atoms with E-state index in [2.05, 4.69) is 62.9 Å². The lowest BCUT2D eigenvalue weighted by Gasteiger charge is -2.35. The minimum atomic E-state index is 0.0983. The largest absolute Gasteiger partial charge is 0.353 e. The standard InChI is InChI=1S/C22H28N4S/c1-15-8-6-7-13-26(15)20-18(14-23)19(24-21(25-20)27-5)16-9-11-17(12-10-16)22(2,3)4/h9-12,15H,6-8,13H2,1-5H3. The third-order valence-electron chi connectivity index (χ3n) is 5.26. The summed E-state index contributed by atoms with van der Waals surface area (Å²) in [5.41, 5.74) is 3.67. The van der Waals surface area contributed by atoms with Crippen LogP contribution in [0.15, 0.2) is 29.4 Å². The van der Waals surface area contributed by atoms with Crippen molar-refractivity contribution in [1.82, 2.24) is 9.97 Å². The van der Waals surface area contributed by atoms with Crippen LogP contribution in [0.3, 0.4) is 0 Å². The number of aromatic nitrogens is 2. The van der Waals surface area contributed by atoms with Crippen LogP contribution in [0.2, 0.25) is 0 Å². The first-order chi connectivity index (χ1) is 12.8. The fourth-order valence-corrected chi connectivity index (χ4v) is 3.94. The molecule has 2 heterocycles. The van der Waals surface area contributed by atoms with Crippen molar-refractivity contribution in [2.45, 2.75) is 63.6 Å². The molecule has 0 amide bonds. The smallest absolute Gasteiger partial charge is 0.189 e. The molecule has 0 bridgehead atoms. The van der Waals surface area contributed by atoms with E-state index in [1.165, 1.54) is 23.7 Å². The fraction of sp³-hybridized carbons (Fsp3) is 0.500. The number of thioether (sulfide) groups is 1. The van der Waals surface area contributed by atoms with Crippen LogP contribution in [-0.4, -0.2) is 28.8 Å². The Hall–Kier alpha value is -2.06. The van der Waals surface area contributed by atoms with Crippen molar-refractivity contribution in [3.63, 3.8) is 0 Å². The van der Waals surface area contributed by atoms with E-state index in [1.807, 2.05) is 6.26 Å². The molecule has 0 radical (unpaired) electrons. The van der Waals surface area contributed by atoms with Gasteiger partial charge in [-0.1, -0.05) is 56.8 Å². The average Bonchev–Trinajstić information content (AvgIpc) is 2.66. The van der Waals surface area contributed by atoms with E-state index < -0.39 is 0 Å². The third-order valence-corrected chi connectivity index (χ3v) is 5.81. The normalized spacial score (nSPS) is 17.6. The van der Waals surface area contributed by atoms with Crippen LogP contribution in [0.4, 0.5) is 5.82 Å². The molecule has 0 aliphatic carbocycles. The predicted octanol–water partition coefficient (Wildman–Crippen LogP) is 5.41. The highest BCUT2D eigenvalue weighted by atomic mass is 32.2. The summed E-state index contributed by atoms with van der Waals surface area (Å²) in [4.78, 5) is 11.7. The van der Waals surface area contributed by atoms with Gasteiger partial charge in [0, 0.05) is 18.2 Å². The van der Waals surface area contributed by atoms with Gasteiger partial charge in [-0.2, -0.15) is 5.26 Å². The van der Waals surface area contributed by atoms with Gasteiger partial charge < -0.3 is 4.90 Å². The van der Waals surface area contributed by atoms with E-state index in [-0.39, 0.29) is 5.41 Å². The van der Waals surface area contributed by atoms with Gasteiger partial charge in [-0.3, -0.25) is 0 Å². The first-order valence-corrected chi connectivity index (χ1v) is 10.8. The van der Waals surface area contributed by atoms with Crippen molar-refractivity contribution in [3.05, 3.63) is 35.4 Å². The van der Waals surface area contributed by atoms with Gasteiger partial charge in [-0.25, -0.2) is 9.97 Å². The lowest BCUT2D eigenvalue weighted by molar-refractivity contribution is 0.479. The molecular formula is C22H28N4S. The third kappa shape index (κ3) is 4.11. The molecule has 1 aliphatic rings. The molecule has 0 N–H and O–H groups in total. The number of anilines is 1. The summed E-state index contributed by atoms with van der Waals surface area (Å²) < 4.78 is 0. The zero-order chi connectivity index (χ0) is 19.6. The number of rotatable bonds is 3. The maximum Gasteiger partial charge on any atom is 0.189 e. The Morgan fingerprint density at radius 2 is 1.85 bits per heavy atom. The van der Waals surface area contributed by atoms with Crippen molar-refractivity contribution in [2.75, 3.05) is 17.7 Å². The maximum absolute atomic E-state index is 9.96. The quantitative estimate of drug-likeness (QED) is 0.526. The Kier molecular flexibility index (Phi) is 5.76. The van der Waals surface area contributed by atoms with Crippen molar-refractivity contribution in [1.29, 1.82) is 5.26 Å². The van der Waals surface area contributed by atoms with Crippen molar-refractivity contribution >= 4 is 17.6 Å². The predicted molar refractivity (Wildman–Crippen MR) is 113 cm³/mol. The van der Waals surface area contributed by atoms with Crippen LogP contribution in [-0.2, 0) is 5.41 Å². The van der Waals surface area contributed by atoms with E-state index in [0.29, 0.717) is 11.6 Å². The Balaban J connectivity index is 2.12. The lowest BCUT2D eigenvalue weighted by Crippen LogP contribution is -2.38. The summed E-state index contributed by atoms with van der Waals surface area (Å²) >= 11 is 1.53. The summed E-state index contributed by atoms with van der Waals surface area (Å²) in [6, 6.07) is 11.2. The van der Waals surface area contributed by atoms with E-state index in [1.54, 1.807) is 0 Å². The number of piperidine rings is 1. The summed E-state index contributed by atoms with van der Waals surface area (Å²) in [6.07, 6.45) is 5.50. The van der Waals surface area contributed by atoms with Gasteiger partial charge >= 0.3 is 0 Å². The molecule has 4 nitrogen and oxygen atoms in total. The summed E-state index contributed by atoms with van der Waals surface area (Å²) in [5.74, 6) is 0.791. The number of hydrogen-bond acceptors (Lipinski definition) is 5. The molecule has 1 aliphatic heterocycles. The Bertz CT molecular complexity index is 846. The Labute approximate surface area is 167 Å². The molecule has 1 unspecified atom stereocenters. The zero-order valence-electron chi connectivity index (χ0n) is 16.9. The molecule has 1 aromatic heterocycles. The maximum atomic E-state index is 9.96. The molecule has 3 rings (SSSR count). The number of nitrogens with zero attached hydrogens (tertiary/aromatic N) is 4. The highest BCUT2D eigenvalue weighted by Gasteiger charge is 2.26. The van der Waals surface area contributed by atoms with Gasteiger partial charge in [0.1, 0.15) is 11.6 Å². The van der Waals surface area contributed by atoms with Gasteiger partial charge in [0.15, 0.2) is 11.0 Å². The van der Waals surface area contributed by atoms with E-state index in [0.717, 1.165) is 41.6 Å². The molecular weight excluding hydrogens is 352 g/mol. The van der Waals surface area contributed by atoms with Crippen LogP contribution in [0.25, 0.3) is 11.3 Å². The summed E-state index contributed by atoms with van der Waals surface area (Å²) in [5, 5.41) is 10.7. The molecule has 1 atom stereocenters. The minimum Gasteiger partial charge on any atom is -0.353 e. The topological polar surface area (TPSA) is 52.8 Å². The Morgan fingerprint density at radius 3 is 2.41 bits per heavy atom. The van der Waals surface area contributed by atoms with E-state index in [9.17, 15) is 5.26 Å². The minimum absolute atomic E-state index is 0.0983. The first-order valence-electron chi connectivity index (χ1n) is 9.59. The first kappa shape index (κ1) is 19.7. The van der Waals surface area contributed by atoms with Crippen LogP contribution < -0.4 is 4.90 Å². The average molecular weight is 381 g/mol. The van der Waals surface area contributed by atoms with Gasteiger partial charge in [-0.05, 0) is 43.4 Å². The van der Waals surface area contributed by atoms with E-state index in [4.69, 9.17) is 9.97 Å². The second-order valence-corrected chi connectivity index (χ2v) is 9.01. The van der Waals surface area contributed by atoms with Crippen LogP contribution in [0.1, 0.15) is 58.1 Å². The molecule has 1 aromatic carbocycles. The molecule has 1 saturated heterocycles. The van der Waals surface area contributed by atoms with Crippen LogP contribution >= 0.6 is 11.8 Å². The fourth-order valence-electron chi connectivity index (χ4n) is 3.58. The number of nitriles is 1. The number of hydrogen-bond donors (Lipinski definition) is 0. The molecule has 0 saturated carbocycles. The van der Waals surface area contributed by atoms with Crippen molar-refractivity contribution in [2.24, 2.45) is 0 Å². The van der Waals surface area contributed by atoms with Crippen LogP contribution in [0, 0.1) is 11.3 Å². The van der Waals surface area contributed by atoms with Gasteiger partial charge in [0.25, 0.3) is 0 Å². The number of benzene rings is 1. The van der Waals surface area contributed by atoms with Gasteiger partial charge in [-0.15, -0.1) is 0 Å². The van der Waals surface area contributed by atoms with Crippen molar-refractivity contribution in [3.8, 4) is 17.3 Å². The van der Waals surface area contributed by atoms with E-state index >= 15 is 0 Å². The SMILES string of the molecule is CSc1nc(-c2ccc(C(C)(C)C)cc2)c(C#N)c(N2CCCCC2C)n1. The molecule has 142 valence electrons. The molecule has 1 fully saturated rings. The second-order valence-electron chi connectivity index (χ2n) is 8.23. The van der Waals surface area contributed by atoms with Gasteiger partial charge in [0.2, 0.25) is 0 Å². The highest BCUT2D eigenvalue weighted by Crippen LogP contribution is 2.34. The van der Waals surface area contributed by atoms with Crippen LogP contribution in [0.5, 0.6) is 0 Å². The summed E-state index contributed by atoms with van der Waals surface area (Å²) in [7, 11) is 0. The lowest BCUT2D eigenvalue weighted by atomic mass is 9.86. The van der Waals surface area contributed by atoms with Gasteiger partial charge in [0.05, 0.1) is 5.69 Å². The molecule has 27 heavy (non-hydrogen) atoms. The molecule has 2 aromatic rings. The highest BCUT2D eigenvalue weighted by molar-refractivity contribution is 7.98. The second kappa shape index (κ2) is 7.90. The molecule has 5 heteroatoms. The Morgan fingerprint density at radius 1 is 1.15 bits per heavy atom. The summed E-state index contributed by atoms with van der Waals surface area (Å²) in [6.45, 7) is 9.78. The van der Waals surface area contributed by atoms with Crippen molar-refractivity contribution < 1.29 is 0 Å². The zero-order valence-corrected chi connectivity index (χ0v) is 17.7. The molecule has 0 spiro atoms.